The van der Waals surface area contributed by atoms with E-state index in [9.17, 15) is 4.39 Å². The summed E-state index contributed by atoms with van der Waals surface area (Å²) in [4.78, 5) is 0. The molecule has 2 aromatic rings. The highest BCUT2D eigenvalue weighted by atomic mass is 19.1. The quantitative estimate of drug-likeness (QED) is 0.929. The van der Waals surface area contributed by atoms with E-state index in [4.69, 9.17) is 25.2 Å². The van der Waals surface area contributed by atoms with Crippen LogP contribution in [0.4, 0.5) is 4.39 Å². The van der Waals surface area contributed by atoms with Crippen molar-refractivity contribution in [2.45, 2.75) is 12.3 Å². The van der Waals surface area contributed by atoms with Crippen LogP contribution in [0.5, 0.6) is 17.2 Å². The molecule has 24 heavy (non-hydrogen) atoms. The van der Waals surface area contributed by atoms with Gasteiger partial charge in [-0.05, 0) is 48.6 Å². The van der Waals surface area contributed by atoms with Crippen LogP contribution in [0, 0.1) is 11.7 Å². The Labute approximate surface area is 151 Å². The van der Waals surface area contributed by atoms with E-state index >= 15 is 0 Å². The molecular weight excluding hydrogens is 309 g/mol. The van der Waals surface area contributed by atoms with Crippen LogP contribution in [0.2, 0.25) is 0 Å². The third-order valence-electron chi connectivity index (χ3n) is 3.63. The van der Waals surface area contributed by atoms with Crippen molar-refractivity contribution in [2.75, 3.05) is 26.4 Å². The Bertz CT molecular complexity index is 1040. The Morgan fingerprint density at radius 2 is 2.04 bits per heavy atom. The summed E-state index contributed by atoms with van der Waals surface area (Å²) in [6, 6.07) is 8.50. The Kier molecular flexibility index (Phi) is 2.43. The number of piperidine rings is 1. The molecule has 0 aliphatic carbocycles. The first-order valence-corrected chi connectivity index (χ1v) is 7.37. The minimum absolute atomic E-state index is 0.0438. The second kappa shape index (κ2) is 6.69. The van der Waals surface area contributed by atoms with Gasteiger partial charge in [-0.2, -0.15) is 0 Å². The van der Waals surface area contributed by atoms with E-state index in [1.54, 1.807) is 0 Å². The molecule has 4 rings (SSSR count). The first-order valence-electron chi connectivity index (χ1n) is 11.4. The normalized spacial score (nSPS) is 39.7. The SMILES string of the molecule is [2H]C1([2H])Oc2ccc(OCC3([2H])C([2H])([2H])NCC([2H])([2H])[C@@]3([2H])c3ccc(F)cc3)cc2O1. The van der Waals surface area contributed by atoms with Crippen molar-refractivity contribution in [1.82, 2.24) is 5.32 Å². The topological polar surface area (TPSA) is 39.7 Å². The lowest BCUT2D eigenvalue weighted by molar-refractivity contribution is 0.173. The highest BCUT2D eigenvalue weighted by Gasteiger charge is 2.27. The first-order chi connectivity index (χ1) is 14.7. The number of benzene rings is 2. The van der Waals surface area contributed by atoms with Crippen LogP contribution in [0.3, 0.4) is 0 Å². The molecule has 1 N–H and O–H groups in total. The van der Waals surface area contributed by atoms with Crippen molar-refractivity contribution in [2.24, 2.45) is 5.89 Å². The zero-order chi connectivity index (χ0) is 23.6. The fraction of sp³-hybridized carbons (Fsp3) is 0.368. The Balaban J connectivity index is 1.71. The lowest BCUT2D eigenvalue weighted by Crippen LogP contribution is -2.38. The third-order valence-corrected chi connectivity index (χ3v) is 3.63. The molecule has 126 valence electrons. The number of ether oxygens (including phenoxy) is 3. The zero-order valence-electron chi connectivity index (χ0n) is 20.6. The smallest absolute Gasteiger partial charge is 0.231 e. The van der Waals surface area contributed by atoms with Gasteiger partial charge in [0.2, 0.25) is 6.75 Å². The molecule has 0 amide bonds. The van der Waals surface area contributed by atoms with Gasteiger partial charge in [-0.3, -0.25) is 0 Å². The van der Waals surface area contributed by atoms with Crippen LogP contribution in [-0.2, 0) is 0 Å². The molecule has 1 unspecified atom stereocenters. The van der Waals surface area contributed by atoms with Gasteiger partial charge >= 0.3 is 0 Å². The standard InChI is InChI=1S/C19H20FNO3/c20-15-3-1-13(2-4-15)17-7-8-21-10-14(17)11-22-16-5-6-18-19(9-16)24-12-23-18/h1-6,9,14,17,21H,7-8,10-12H2/t14?,17-/m0/s1/i7D2,10D2,12D2,14D,17D. The van der Waals surface area contributed by atoms with Gasteiger partial charge < -0.3 is 19.5 Å². The first kappa shape index (κ1) is 8.72. The molecule has 2 heterocycles. The molecule has 1 saturated heterocycles. The fourth-order valence-corrected chi connectivity index (χ4v) is 2.46. The number of hydrogen-bond acceptors (Lipinski definition) is 4. The highest BCUT2D eigenvalue weighted by Crippen LogP contribution is 2.36. The van der Waals surface area contributed by atoms with Crippen LogP contribution in [0.1, 0.15) is 28.8 Å². The summed E-state index contributed by atoms with van der Waals surface area (Å²) >= 11 is 0. The van der Waals surface area contributed by atoms with E-state index in [2.05, 4.69) is 5.32 Å². The van der Waals surface area contributed by atoms with Gasteiger partial charge in [0.05, 0.1) is 6.61 Å². The van der Waals surface area contributed by atoms with E-state index in [-0.39, 0.29) is 22.8 Å². The number of rotatable bonds is 4. The predicted octanol–water partition coefficient (Wildman–Crippen LogP) is 3.33. The number of halogens is 1. The lowest BCUT2D eigenvalue weighted by atomic mass is 9.81. The molecule has 2 aliphatic heterocycles. The molecule has 0 aromatic heterocycles. The average molecular weight is 337 g/mol. The van der Waals surface area contributed by atoms with Crippen LogP contribution >= 0.6 is 0 Å². The zero-order valence-corrected chi connectivity index (χ0v) is 12.6. The molecule has 2 aromatic carbocycles. The van der Waals surface area contributed by atoms with Crippen LogP contribution in [0.25, 0.3) is 0 Å². The van der Waals surface area contributed by atoms with E-state index in [0.717, 1.165) is 12.1 Å². The van der Waals surface area contributed by atoms with Crippen LogP contribution < -0.4 is 19.5 Å². The van der Waals surface area contributed by atoms with Gasteiger partial charge in [0.25, 0.3) is 0 Å². The minimum atomic E-state index is -2.55. The maximum atomic E-state index is 13.5. The van der Waals surface area contributed by atoms with Crippen molar-refractivity contribution in [3.05, 3.63) is 53.8 Å². The summed E-state index contributed by atoms with van der Waals surface area (Å²) in [6.07, 6.45) is -2.41. The van der Waals surface area contributed by atoms with Crippen molar-refractivity contribution >= 4 is 0 Å². The lowest BCUT2D eigenvalue weighted by Gasteiger charge is -2.32. The second-order valence-electron chi connectivity index (χ2n) is 5.20. The van der Waals surface area contributed by atoms with Gasteiger partial charge in [0.1, 0.15) is 14.3 Å². The summed E-state index contributed by atoms with van der Waals surface area (Å²) in [7, 11) is 0. The van der Waals surface area contributed by atoms with Crippen molar-refractivity contribution in [3.8, 4) is 17.2 Å². The minimum Gasteiger partial charge on any atom is -0.493 e. The van der Waals surface area contributed by atoms with Crippen LogP contribution in [-0.4, -0.2) is 26.4 Å². The monoisotopic (exact) mass is 337 g/mol. The van der Waals surface area contributed by atoms with Crippen LogP contribution in [0.15, 0.2) is 42.5 Å². The summed E-state index contributed by atoms with van der Waals surface area (Å²) in [5.74, 6) is -5.35. The molecule has 2 aliphatic rings. The maximum Gasteiger partial charge on any atom is 0.231 e. The van der Waals surface area contributed by atoms with Crippen molar-refractivity contribution in [3.63, 3.8) is 0 Å². The number of nitrogens with one attached hydrogen (secondary N) is 1. The third kappa shape index (κ3) is 3.17. The predicted molar refractivity (Wildman–Crippen MR) is 88.2 cm³/mol. The molecule has 0 saturated carbocycles. The van der Waals surface area contributed by atoms with E-state index in [1.807, 2.05) is 0 Å². The highest BCUT2D eigenvalue weighted by molar-refractivity contribution is 5.46. The maximum absolute atomic E-state index is 13.5. The van der Waals surface area contributed by atoms with E-state index in [0.29, 0.717) is 0 Å². The Hall–Kier alpha value is -2.27. The van der Waals surface area contributed by atoms with Gasteiger partial charge in [-0.1, -0.05) is 12.1 Å². The van der Waals surface area contributed by atoms with Crippen molar-refractivity contribution < 1.29 is 29.6 Å². The molecule has 4 nitrogen and oxygen atoms in total. The van der Waals surface area contributed by atoms with Crippen molar-refractivity contribution in [1.29, 1.82) is 0 Å². The Morgan fingerprint density at radius 3 is 2.92 bits per heavy atom. The van der Waals surface area contributed by atoms with E-state index in [1.165, 1.54) is 30.3 Å². The van der Waals surface area contributed by atoms with Gasteiger partial charge in [-0.25, -0.2) is 4.39 Å². The number of fused-ring (bicyclic) bond motifs is 1. The number of hydrogen-bond donors (Lipinski definition) is 1. The van der Waals surface area contributed by atoms with E-state index < -0.39 is 50.4 Å². The largest absolute Gasteiger partial charge is 0.493 e. The van der Waals surface area contributed by atoms with Gasteiger partial charge in [0, 0.05) is 26.7 Å². The fourth-order valence-electron chi connectivity index (χ4n) is 2.46. The summed E-state index contributed by atoms with van der Waals surface area (Å²) in [6.45, 7) is -6.19. The summed E-state index contributed by atoms with van der Waals surface area (Å²) < 4.78 is 95.7. The molecule has 0 radical (unpaired) electrons. The molecule has 1 fully saturated rings. The van der Waals surface area contributed by atoms with Gasteiger partial charge in [0.15, 0.2) is 11.5 Å². The summed E-state index contributed by atoms with van der Waals surface area (Å²) in [5, 5.41) is 2.37. The average Bonchev–Trinajstić information content (AvgIpc) is 3.02. The molecule has 0 spiro atoms. The second-order valence-corrected chi connectivity index (χ2v) is 5.20. The summed E-state index contributed by atoms with van der Waals surface area (Å²) in [5.41, 5.74) is -0.0632. The van der Waals surface area contributed by atoms with Gasteiger partial charge in [-0.15, -0.1) is 0 Å². The Morgan fingerprint density at radius 1 is 1.21 bits per heavy atom. The molecule has 5 heteroatoms. The molecule has 0 bridgehead atoms. The molecule has 2 atom stereocenters. The molecular formula is C19H20FNO3.